The Morgan fingerprint density at radius 1 is 1.07 bits per heavy atom. The second kappa shape index (κ2) is 7.39. The molecule has 2 saturated heterocycles. The highest BCUT2D eigenvalue weighted by atomic mass is 16.2. The third-order valence-electron chi connectivity index (χ3n) is 7.05. The Labute approximate surface area is 172 Å². The number of rotatable bonds is 3. The van der Waals surface area contributed by atoms with Crippen LogP contribution in [0.1, 0.15) is 42.1 Å². The van der Waals surface area contributed by atoms with E-state index in [1.54, 1.807) is 0 Å². The van der Waals surface area contributed by atoms with Crippen molar-refractivity contribution in [2.45, 2.75) is 44.3 Å². The van der Waals surface area contributed by atoms with Crippen LogP contribution < -0.4 is 16.2 Å². The van der Waals surface area contributed by atoms with Crippen molar-refractivity contribution in [3.05, 3.63) is 72.1 Å². The first kappa shape index (κ1) is 18.5. The topological polar surface area (TPSA) is 66.1 Å². The van der Waals surface area contributed by atoms with Crippen LogP contribution in [0.5, 0.6) is 0 Å². The van der Waals surface area contributed by atoms with Crippen LogP contribution in [-0.2, 0) is 4.79 Å². The second-order valence-corrected chi connectivity index (χ2v) is 8.79. The zero-order chi connectivity index (χ0) is 20.0. The number of aromatic nitrogens is 1. The van der Waals surface area contributed by atoms with E-state index in [1.165, 1.54) is 5.56 Å². The van der Waals surface area contributed by atoms with E-state index < -0.39 is 0 Å². The fourth-order valence-electron chi connectivity index (χ4n) is 5.53. The van der Waals surface area contributed by atoms with Crippen LogP contribution in [0.4, 0.5) is 0 Å². The van der Waals surface area contributed by atoms with Gasteiger partial charge in [0.1, 0.15) is 0 Å². The first-order chi connectivity index (χ1) is 14.1. The maximum absolute atomic E-state index is 12.9. The van der Waals surface area contributed by atoms with Crippen molar-refractivity contribution in [2.24, 2.45) is 17.8 Å². The molecule has 3 heterocycles. The number of hydrogen-bond acceptors (Lipinski definition) is 4. The minimum Gasteiger partial charge on any atom is -0.353 e. The predicted molar refractivity (Wildman–Crippen MR) is 114 cm³/mol. The van der Waals surface area contributed by atoms with E-state index >= 15 is 0 Å². The maximum Gasteiger partial charge on any atom is 0.227 e. The summed E-state index contributed by atoms with van der Waals surface area (Å²) in [5.74, 6) is 0.982. The molecule has 150 valence electrons. The van der Waals surface area contributed by atoms with Crippen LogP contribution in [0.15, 0.2) is 55.2 Å². The zero-order valence-corrected chi connectivity index (χ0v) is 16.8. The van der Waals surface area contributed by atoms with Gasteiger partial charge in [-0.15, -0.1) is 0 Å². The number of hydrazine groups is 1. The fraction of sp³-hybridized carbons (Fsp3) is 0.417. The summed E-state index contributed by atoms with van der Waals surface area (Å²) in [5.41, 5.74) is 11.4. The molecule has 29 heavy (non-hydrogen) atoms. The highest BCUT2D eigenvalue weighted by molar-refractivity contribution is 5.92. The van der Waals surface area contributed by atoms with Gasteiger partial charge in [-0.2, -0.15) is 0 Å². The molecule has 1 aliphatic carbocycles. The number of benzene rings is 1. The standard InChI is InChI=1S/C24H28N4O/c1-14-10-17(8-9-25-14)23-20-12-18-11-19(15(2)16-6-4-3-5-7-16)24(29)26-21(18)13-22(20)27-28-23/h3-10,18-23,27-28H,2,11-13H2,1H3,(H,26,29). The molecule has 5 nitrogen and oxygen atoms in total. The van der Waals surface area contributed by atoms with Crippen molar-refractivity contribution in [2.75, 3.05) is 0 Å². The molecule has 3 fully saturated rings. The Hall–Kier alpha value is -2.50. The van der Waals surface area contributed by atoms with Crippen molar-refractivity contribution >= 4 is 11.5 Å². The third kappa shape index (κ3) is 3.38. The normalized spacial score (nSPS) is 33.5. The lowest BCUT2D eigenvalue weighted by atomic mass is 9.66. The Balaban J connectivity index is 1.35. The van der Waals surface area contributed by atoms with E-state index in [-0.39, 0.29) is 23.9 Å². The molecule has 3 aliphatic rings. The summed E-state index contributed by atoms with van der Waals surface area (Å²) in [6.07, 6.45) is 4.85. The quantitative estimate of drug-likeness (QED) is 0.756. The smallest absolute Gasteiger partial charge is 0.227 e. The molecule has 6 unspecified atom stereocenters. The number of amides is 1. The molecular formula is C24H28N4O. The lowest BCUT2D eigenvalue weighted by Gasteiger charge is -2.44. The van der Waals surface area contributed by atoms with Crippen LogP contribution in [-0.4, -0.2) is 23.0 Å². The number of carbonyl (C=O) groups is 1. The number of carbonyl (C=O) groups excluding carboxylic acids is 1. The summed E-state index contributed by atoms with van der Waals surface area (Å²) in [5, 5.41) is 3.32. The zero-order valence-electron chi connectivity index (χ0n) is 16.8. The van der Waals surface area contributed by atoms with Gasteiger partial charge in [0.15, 0.2) is 0 Å². The van der Waals surface area contributed by atoms with Crippen molar-refractivity contribution in [3.8, 4) is 0 Å². The van der Waals surface area contributed by atoms with E-state index in [9.17, 15) is 4.79 Å². The summed E-state index contributed by atoms with van der Waals surface area (Å²) < 4.78 is 0. The largest absolute Gasteiger partial charge is 0.353 e. The van der Waals surface area contributed by atoms with Gasteiger partial charge in [-0.05, 0) is 66.9 Å². The molecule has 5 heteroatoms. The third-order valence-corrected chi connectivity index (χ3v) is 7.05. The van der Waals surface area contributed by atoms with E-state index in [0.29, 0.717) is 17.9 Å². The summed E-state index contributed by atoms with van der Waals surface area (Å²) >= 11 is 0. The number of nitrogens with zero attached hydrogens (tertiary/aromatic N) is 1. The van der Waals surface area contributed by atoms with Crippen molar-refractivity contribution in [1.29, 1.82) is 0 Å². The fourth-order valence-corrected chi connectivity index (χ4v) is 5.53. The highest BCUT2D eigenvalue weighted by Gasteiger charge is 2.48. The van der Waals surface area contributed by atoms with Crippen LogP contribution in [0.3, 0.4) is 0 Å². The van der Waals surface area contributed by atoms with Crippen molar-refractivity contribution in [3.63, 3.8) is 0 Å². The molecule has 6 atom stereocenters. The van der Waals surface area contributed by atoms with E-state index in [1.807, 2.05) is 43.5 Å². The number of piperidine rings is 1. The van der Waals surface area contributed by atoms with E-state index in [0.717, 1.165) is 36.1 Å². The van der Waals surface area contributed by atoms with Gasteiger partial charge in [-0.1, -0.05) is 36.9 Å². The number of hydrogen-bond donors (Lipinski definition) is 3. The summed E-state index contributed by atoms with van der Waals surface area (Å²) in [6.45, 7) is 6.32. The molecular weight excluding hydrogens is 360 g/mol. The van der Waals surface area contributed by atoms with Crippen LogP contribution >= 0.6 is 0 Å². The average molecular weight is 389 g/mol. The lowest BCUT2D eigenvalue weighted by Crippen LogP contribution is -2.55. The maximum atomic E-state index is 12.9. The molecule has 2 aliphatic heterocycles. The minimum absolute atomic E-state index is 0.130. The molecule has 5 rings (SSSR count). The average Bonchev–Trinajstić information content (AvgIpc) is 3.14. The number of pyridine rings is 1. The molecule has 2 aromatic rings. The monoisotopic (exact) mass is 388 g/mol. The van der Waals surface area contributed by atoms with Crippen LogP contribution in [0.25, 0.3) is 5.57 Å². The molecule has 3 N–H and O–H groups in total. The summed E-state index contributed by atoms with van der Waals surface area (Å²) in [4.78, 5) is 17.2. The van der Waals surface area contributed by atoms with Gasteiger partial charge in [-0.3, -0.25) is 15.2 Å². The van der Waals surface area contributed by atoms with Crippen molar-refractivity contribution < 1.29 is 4.79 Å². The molecule has 0 bridgehead atoms. The molecule has 1 aromatic carbocycles. The predicted octanol–water partition coefficient (Wildman–Crippen LogP) is 3.15. The molecule has 1 saturated carbocycles. The van der Waals surface area contributed by atoms with E-state index in [2.05, 4.69) is 39.9 Å². The van der Waals surface area contributed by atoms with Crippen LogP contribution in [0, 0.1) is 24.7 Å². The Morgan fingerprint density at radius 3 is 2.69 bits per heavy atom. The van der Waals surface area contributed by atoms with Gasteiger partial charge >= 0.3 is 0 Å². The summed E-state index contributed by atoms with van der Waals surface area (Å²) in [7, 11) is 0. The first-order valence-corrected chi connectivity index (χ1v) is 10.6. The molecule has 0 radical (unpaired) electrons. The van der Waals surface area contributed by atoms with E-state index in [4.69, 9.17) is 0 Å². The number of fused-ring (bicyclic) bond motifs is 2. The van der Waals surface area contributed by atoms with Gasteiger partial charge in [0.2, 0.25) is 5.91 Å². The van der Waals surface area contributed by atoms with Crippen molar-refractivity contribution in [1.82, 2.24) is 21.2 Å². The first-order valence-electron chi connectivity index (χ1n) is 10.6. The Morgan fingerprint density at radius 2 is 1.90 bits per heavy atom. The minimum atomic E-state index is -0.140. The number of nitrogens with one attached hydrogen (secondary N) is 3. The second-order valence-electron chi connectivity index (χ2n) is 8.79. The Kier molecular flexibility index (Phi) is 4.72. The van der Waals surface area contributed by atoms with Gasteiger partial charge in [0, 0.05) is 24.0 Å². The number of aryl methyl sites for hydroxylation is 1. The van der Waals surface area contributed by atoms with Gasteiger partial charge in [-0.25, -0.2) is 5.43 Å². The van der Waals surface area contributed by atoms with Gasteiger partial charge < -0.3 is 5.32 Å². The highest BCUT2D eigenvalue weighted by Crippen LogP contribution is 2.45. The van der Waals surface area contributed by atoms with Gasteiger partial charge in [0.25, 0.3) is 0 Å². The van der Waals surface area contributed by atoms with Gasteiger partial charge in [0.05, 0.1) is 12.0 Å². The van der Waals surface area contributed by atoms with Crippen LogP contribution in [0.2, 0.25) is 0 Å². The molecule has 1 amide bonds. The Bertz CT molecular complexity index is 927. The summed E-state index contributed by atoms with van der Waals surface area (Å²) in [6, 6.07) is 15.3. The lowest BCUT2D eigenvalue weighted by molar-refractivity contribution is -0.128. The SMILES string of the molecule is C=C(c1ccccc1)C1CC2CC3C(CC2NC1=O)NNC3c1ccnc(C)c1. The molecule has 0 spiro atoms. The molecule has 1 aromatic heterocycles.